The Morgan fingerprint density at radius 1 is 1.19 bits per heavy atom. The van der Waals surface area contributed by atoms with Crippen LogP contribution in [-0.2, 0) is 4.79 Å². The van der Waals surface area contributed by atoms with Crippen LogP contribution in [0.1, 0.15) is 56.2 Å². The molecular formula is C17H25N3O. The van der Waals surface area contributed by atoms with Gasteiger partial charge in [0, 0.05) is 36.3 Å². The van der Waals surface area contributed by atoms with Gasteiger partial charge in [-0.3, -0.25) is 4.79 Å². The van der Waals surface area contributed by atoms with Gasteiger partial charge >= 0.3 is 0 Å². The minimum Gasteiger partial charge on any atom is -0.342 e. The van der Waals surface area contributed by atoms with Crippen molar-refractivity contribution in [1.29, 1.82) is 0 Å². The number of carbonyl (C=O) groups is 1. The van der Waals surface area contributed by atoms with Crippen LogP contribution in [0.4, 0.5) is 0 Å². The third-order valence-corrected chi connectivity index (χ3v) is 4.98. The summed E-state index contributed by atoms with van der Waals surface area (Å²) in [5, 5.41) is 0. The molecule has 1 saturated heterocycles. The molecule has 2 fully saturated rings. The molecule has 21 heavy (non-hydrogen) atoms. The molecule has 0 unspecified atom stereocenters. The number of hydrogen-bond acceptors (Lipinski definition) is 3. The van der Waals surface area contributed by atoms with Crippen LogP contribution in [0.15, 0.2) is 6.07 Å². The third kappa shape index (κ3) is 2.94. The van der Waals surface area contributed by atoms with E-state index < -0.39 is 0 Å². The van der Waals surface area contributed by atoms with E-state index in [4.69, 9.17) is 0 Å². The highest BCUT2D eigenvalue weighted by atomic mass is 16.2. The fourth-order valence-electron chi connectivity index (χ4n) is 3.40. The molecule has 0 N–H and O–H groups in total. The Bertz CT molecular complexity index is 539. The Balaban J connectivity index is 1.61. The van der Waals surface area contributed by atoms with E-state index in [0.29, 0.717) is 11.8 Å². The summed E-state index contributed by atoms with van der Waals surface area (Å²) < 4.78 is 0. The standard InChI is InChI=1S/C17H25N3O/c1-11-9-12(2)19-15(18-11)13-5-7-20(8-6-13)16(21)14-10-17(14,3)4/h9,13-14H,5-8,10H2,1-4H3/t14-/m1/s1. The van der Waals surface area contributed by atoms with E-state index in [1.807, 2.05) is 19.9 Å². The van der Waals surface area contributed by atoms with Crippen LogP contribution in [0.3, 0.4) is 0 Å². The summed E-state index contributed by atoms with van der Waals surface area (Å²) in [5.74, 6) is 1.98. The second kappa shape index (κ2) is 5.08. The number of nitrogens with zero attached hydrogens (tertiary/aromatic N) is 3. The first kappa shape index (κ1) is 14.5. The van der Waals surface area contributed by atoms with E-state index in [1.165, 1.54) is 0 Å². The largest absolute Gasteiger partial charge is 0.342 e. The van der Waals surface area contributed by atoms with Gasteiger partial charge < -0.3 is 4.90 Å². The smallest absolute Gasteiger partial charge is 0.226 e. The van der Waals surface area contributed by atoms with Gasteiger partial charge in [-0.1, -0.05) is 13.8 Å². The Labute approximate surface area is 127 Å². The average molecular weight is 287 g/mol. The maximum absolute atomic E-state index is 12.4. The summed E-state index contributed by atoms with van der Waals surface area (Å²) in [6, 6.07) is 2.01. The lowest BCUT2D eigenvalue weighted by Crippen LogP contribution is -2.39. The molecule has 1 aromatic heterocycles. The maximum Gasteiger partial charge on any atom is 0.226 e. The monoisotopic (exact) mass is 287 g/mol. The predicted octanol–water partition coefficient (Wildman–Crippen LogP) is 2.85. The van der Waals surface area contributed by atoms with Gasteiger partial charge in [0.2, 0.25) is 5.91 Å². The van der Waals surface area contributed by atoms with Gasteiger partial charge in [-0.05, 0) is 44.6 Å². The number of piperidine rings is 1. The molecule has 0 bridgehead atoms. The molecule has 1 amide bonds. The zero-order valence-electron chi connectivity index (χ0n) is 13.5. The van der Waals surface area contributed by atoms with Crippen molar-refractivity contribution in [2.45, 2.75) is 52.9 Å². The molecule has 114 valence electrons. The molecule has 2 aliphatic rings. The summed E-state index contributed by atoms with van der Waals surface area (Å²) in [7, 11) is 0. The summed E-state index contributed by atoms with van der Waals surface area (Å²) in [5.41, 5.74) is 2.30. The third-order valence-electron chi connectivity index (χ3n) is 4.98. The highest BCUT2D eigenvalue weighted by Crippen LogP contribution is 2.52. The van der Waals surface area contributed by atoms with Crippen LogP contribution in [0.25, 0.3) is 0 Å². The number of hydrogen-bond donors (Lipinski definition) is 0. The first-order valence-electron chi connectivity index (χ1n) is 7.98. The summed E-state index contributed by atoms with van der Waals surface area (Å²) in [6.07, 6.45) is 3.02. The zero-order valence-corrected chi connectivity index (χ0v) is 13.5. The van der Waals surface area contributed by atoms with E-state index in [2.05, 4.69) is 28.7 Å². The molecule has 0 aromatic carbocycles. The Morgan fingerprint density at radius 2 is 1.71 bits per heavy atom. The van der Waals surface area contributed by atoms with E-state index in [9.17, 15) is 4.79 Å². The second-order valence-electron chi connectivity index (χ2n) is 7.35. The quantitative estimate of drug-likeness (QED) is 0.840. The Morgan fingerprint density at radius 3 is 2.19 bits per heavy atom. The van der Waals surface area contributed by atoms with Crippen molar-refractivity contribution in [3.8, 4) is 0 Å². The van der Waals surface area contributed by atoms with Crippen LogP contribution in [0, 0.1) is 25.2 Å². The van der Waals surface area contributed by atoms with Gasteiger partial charge in [-0.2, -0.15) is 0 Å². The lowest BCUT2D eigenvalue weighted by Gasteiger charge is -2.32. The number of aryl methyl sites for hydroxylation is 2. The summed E-state index contributed by atoms with van der Waals surface area (Å²) in [4.78, 5) is 23.6. The molecule has 4 heteroatoms. The van der Waals surface area contributed by atoms with Gasteiger partial charge in [0.25, 0.3) is 0 Å². The molecule has 4 nitrogen and oxygen atoms in total. The van der Waals surface area contributed by atoms with Gasteiger partial charge in [0.05, 0.1) is 0 Å². The summed E-state index contributed by atoms with van der Waals surface area (Å²) >= 11 is 0. The Kier molecular flexibility index (Phi) is 3.50. The fourth-order valence-corrected chi connectivity index (χ4v) is 3.40. The Hall–Kier alpha value is -1.45. The van der Waals surface area contributed by atoms with Crippen LogP contribution in [0.2, 0.25) is 0 Å². The van der Waals surface area contributed by atoms with Gasteiger partial charge in [-0.25, -0.2) is 9.97 Å². The van der Waals surface area contributed by atoms with Crippen LogP contribution in [0.5, 0.6) is 0 Å². The number of likely N-dealkylation sites (tertiary alicyclic amines) is 1. The number of amides is 1. The molecule has 1 aliphatic heterocycles. The minimum atomic E-state index is 0.227. The van der Waals surface area contributed by atoms with Crippen LogP contribution >= 0.6 is 0 Å². The number of carbonyl (C=O) groups excluding carboxylic acids is 1. The van der Waals surface area contributed by atoms with E-state index >= 15 is 0 Å². The van der Waals surface area contributed by atoms with Crippen molar-refractivity contribution >= 4 is 5.91 Å². The number of aromatic nitrogens is 2. The van der Waals surface area contributed by atoms with Crippen LogP contribution < -0.4 is 0 Å². The maximum atomic E-state index is 12.4. The molecule has 1 aromatic rings. The molecule has 1 saturated carbocycles. The van der Waals surface area contributed by atoms with E-state index in [0.717, 1.165) is 49.6 Å². The van der Waals surface area contributed by atoms with Crippen molar-refractivity contribution in [3.63, 3.8) is 0 Å². The van der Waals surface area contributed by atoms with Crippen molar-refractivity contribution in [1.82, 2.24) is 14.9 Å². The van der Waals surface area contributed by atoms with Crippen molar-refractivity contribution in [2.24, 2.45) is 11.3 Å². The van der Waals surface area contributed by atoms with Gasteiger partial charge in [-0.15, -0.1) is 0 Å². The minimum absolute atomic E-state index is 0.227. The first-order chi connectivity index (χ1) is 9.87. The lowest BCUT2D eigenvalue weighted by molar-refractivity contribution is -0.134. The van der Waals surface area contributed by atoms with Gasteiger partial charge in [0.15, 0.2) is 0 Å². The van der Waals surface area contributed by atoms with Crippen molar-refractivity contribution in [2.75, 3.05) is 13.1 Å². The fraction of sp³-hybridized carbons (Fsp3) is 0.706. The van der Waals surface area contributed by atoms with E-state index in [1.54, 1.807) is 0 Å². The lowest BCUT2D eigenvalue weighted by atomic mass is 9.95. The molecule has 0 spiro atoms. The molecule has 3 rings (SSSR count). The highest BCUT2D eigenvalue weighted by molar-refractivity contribution is 5.82. The second-order valence-corrected chi connectivity index (χ2v) is 7.35. The zero-order chi connectivity index (χ0) is 15.2. The normalized spacial score (nSPS) is 25.0. The molecule has 1 aliphatic carbocycles. The topological polar surface area (TPSA) is 46.1 Å². The van der Waals surface area contributed by atoms with Crippen molar-refractivity contribution in [3.05, 3.63) is 23.3 Å². The SMILES string of the molecule is Cc1cc(C)nc(C2CCN(C(=O)[C@H]3CC3(C)C)CC2)n1. The first-order valence-corrected chi connectivity index (χ1v) is 7.98. The van der Waals surface area contributed by atoms with Crippen LogP contribution in [-0.4, -0.2) is 33.9 Å². The predicted molar refractivity (Wildman–Crippen MR) is 81.9 cm³/mol. The summed E-state index contributed by atoms with van der Waals surface area (Å²) in [6.45, 7) is 10.1. The van der Waals surface area contributed by atoms with Crippen molar-refractivity contribution < 1.29 is 4.79 Å². The molecule has 0 radical (unpaired) electrons. The molecule has 2 heterocycles. The molecular weight excluding hydrogens is 262 g/mol. The average Bonchev–Trinajstić information content (AvgIpc) is 3.06. The highest BCUT2D eigenvalue weighted by Gasteiger charge is 2.52. The molecule has 1 atom stereocenters. The van der Waals surface area contributed by atoms with E-state index in [-0.39, 0.29) is 11.3 Å². The van der Waals surface area contributed by atoms with Gasteiger partial charge in [0.1, 0.15) is 5.82 Å². The number of rotatable bonds is 2.